The zero-order valence-corrected chi connectivity index (χ0v) is 18.2. The second-order valence-corrected chi connectivity index (χ2v) is 15.8. The fourth-order valence-corrected chi connectivity index (χ4v) is 10.7. The third-order valence-corrected chi connectivity index (χ3v) is 9.64. The van der Waals surface area contributed by atoms with E-state index >= 15 is 0 Å². The van der Waals surface area contributed by atoms with Crippen LogP contribution in [0.5, 0.6) is 0 Å². The molecule has 0 aliphatic rings. The van der Waals surface area contributed by atoms with Crippen LogP contribution in [0.15, 0.2) is 12.2 Å². The topological polar surface area (TPSA) is 71.1 Å². The fourth-order valence-electron chi connectivity index (χ4n) is 2.39. The van der Waals surface area contributed by atoms with Gasteiger partial charge in [-0.25, -0.2) is 9.59 Å². The molecular formula is C16H32O6Si2. The van der Waals surface area contributed by atoms with Crippen molar-refractivity contribution in [1.82, 2.24) is 0 Å². The standard InChI is InChI=1S/C16H32O6Si2/c1-9-16(24(7,8)22-23(4,5)6)21-13(3)20-15(18)12-11-14(17)19-10-2/h11-13,16H,9-10H2,1-8H3/b12-11+. The van der Waals surface area contributed by atoms with Gasteiger partial charge in [0.1, 0.15) is 0 Å². The maximum absolute atomic E-state index is 11.7. The van der Waals surface area contributed by atoms with Crippen LogP contribution in [-0.4, -0.2) is 47.2 Å². The largest absolute Gasteiger partial charge is 0.463 e. The third-order valence-electron chi connectivity index (χ3n) is 3.00. The van der Waals surface area contributed by atoms with Crippen LogP contribution in [-0.2, 0) is 27.9 Å². The van der Waals surface area contributed by atoms with E-state index < -0.39 is 34.9 Å². The highest BCUT2D eigenvalue weighted by Gasteiger charge is 2.38. The van der Waals surface area contributed by atoms with Crippen molar-refractivity contribution in [3.05, 3.63) is 12.2 Å². The highest BCUT2D eigenvalue weighted by atomic mass is 28.4. The zero-order valence-electron chi connectivity index (χ0n) is 16.2. The predicted octanol–water partition coefficient (Wildman–Crippen LogP) is 3.39. The number of carbonyl (C=O) groups excluding carboxylic acids is 2. The number of carbonyl (C=O) groups is 2. The van der Waals surface area contributed by atoms with Gasteiger partial charge in [0.05, 0.1) is 12.3 Å². The zero-order chi connectivity index (χ0) is 19.0. The van der Waals surface area contributed by atoms with Crippen molar-refractivity contribution in [2.45, 2.75) is 71.9 Å². The first kappa shape index (κ1) is 23.0. The maximum atomic E-state index is 11.7. The Morgan fingerprint density at radius 3 is 2.00 bits per heavy atom. The van der Waals surface area contributed by atoms with E-state index in [1.54, 1.807) is 13.8 Å². The van der Waals surface area contributed by atoms with Gasteiger partial charge in [-0.15, -0.1) is 0 Å². The second kappa shape index (κ2) is 10.1. The summed E-state index contributed by atoms with van der Waals surface area (Å²) in [6, 6.07) is 0. The minimum atomic E-state index is -2.07. The summed E-state index contributed by atoms with van der Waals surface area (Å²) in [6.07, 6.45) is 2.15. The normalized spacial score (nSPS) is 15.2. The van der Waals surface area contributed by atoms with Gasteiger partial charge in [-0.05, 0) is 53.0 Å². The molecular weight excluding hydrogens is 344 g/mol. The Bertz CT molecular complexity index is 442. The Labute approximate surface area is 147 Å². The van der Waals surface area contributed by atoms with Crippen LogP contribution in [0.3, 0.4) is 0 Å². The van der Waals surface area contributed by atoms with E-state index in [4.69, 9.17) is 18.3 Å². The molecule has 140 valence electrons. The quantitative estimate of drug-likeness (QED) is 0.252. The molecule has 6 nitrogen and oxygen atoms in total. The van der Waals surface area contributed by atoms with Crippen molar-refractivity contribution < 1.29 is 27.9 Å². The van der Waals surface area contributed by atoms with Crippen LogP contribution in [0.4, 0.5) is 0 Å². The summed E-state index contributed by atoms with van der Waals surface area (Å²) in [6.45, 7) is 16.3. The molecule has 0 N–H and O–H groups in total. The molecule has 0 amide bonds. The Morgan fingerprint density at radius 2 is 1.54 bits per heavy atom. The molecule has 0 aliphatic heterocycles. The highest BCUT2D eigenvalue weighted by Crippen LogP contribution is 2.23. The molecule has 0 heterocycles. The first-order valence-corrected chi connectivity index (χ1v) is 14.7. The molecule has 0 fully saturated rings. The first-order valence-electron chi connectivity index (χ1n) is 8.32. The molecule has 0 bridgehead atoms. The van der Waals surface area contributed by atoms with Crippen molar-refractivity contribution in [2.75, 3.05) is 6.61 Å². The molecule has 24 heavy (non-hydrogen) atoms. The van der Waals surface area contributed by atoms with E-state index in [1.807, 2.05) is 6.92 Å². The molecule has 0 saturated heterocycles. The molecule has 2 atom stereocenters. The van der Waals surface area contributed by atoms with Gasteiger partial charge in [0, 0.05) is 12.2 Å². The van der Waals surface area contributed by atoms with Crippen LogP contribution in [0, 0.1) is 0 Å². The van der Waals surface area contributed by atoms with Gasteiger partial charge < -0.3 is 18.3 Å². The van der Waals surface area contributed by atoms with Crippen LogP contribution in [0.2, 0.25) is 32.7 Å². The van der Waals surface area contributed by atoms with Gasteiger partial charge >= 0.3 is 11.9 Å². The summed E-state index contributed by atoms with van der Waals surface area (Å²) < 4.78 is 22.1. The minimum absolute atomic E-state index is 0.0824. The van der Waals surface area contributed by atoms with Gasteiger partial charge in [-0.2, -0.15) is 0 Å². The van der Waals surface area contributed by atoms with Crippen molar-refractivity contribution in [2.24, 2.45) is 0 Å². The van der Waals surface area contributed by atoms with Crippen LogP contribution in [0.25, 0.3) is 0 Å². The lowest BCUT2D eigenvalue weighted by Crippen LogP contribution is -2.53. The number of ether oxygens (including phenoxy) is 3. The minimum Gasteiger partial charge on any atom is -0.463 e. The van der Waals surface area contributed by atoms with E-state index in [0.29, 0.717) is 0 Å². The van der Waals surface area contributed by atoms with Gasteiger partial charge in [0.2, 0.25) is 14.6 Å². The molecule has 0 aliphatic carbocycles. The molecule has 8 heteroatoms. The van der Waals surface area contributed by atoms with E-state index in [1.165, 1.54) is 0 Å². The summed E-state index contributed by atoms with van der Waals surface area (Å²) in [5, 5.41) is 0. The Balaban J connectivity index is 4.63. The molecule has 0 saturated carbocycles. The van der Waals surface area contributed by atoms with Crippen LogP contribution < -0.4 is 0 Å². The van der Waals surface area contributed by atoms with Crippen molar-refractivity contribution >= 4 is 28.6 Å². The van der Waals surface area contributed by atoms with Crippen molar-refractivity contribution in [3.8, 4) is 0 Å². The average molecular weight is 377 g/mol. The van der Waals surface area contributed by atoms with Crippen molar-refractivity contribution in [1.29, 1.82) is 0 Å². The predicted molar refractivity (Wildman–Crippen MR) is 98.4 cm³/mol. The summed E-state index contributed by atoms with van der Waals surface area (Å²) in [5.74, 6) is -1.22. The Kier molecular flexibility index (Phi) is 9.71. The van der Waals surface area contributed by atoms with Crippen LogP contribution >= 0.6 is 0 Å². The van der Waals surface area contributed by atoms with E-state index in [0.717, 1.165) is 18.6 Å². The molecule has 0 aromatic heterocycles. The Morgan fingerprint density at radius 1 is 1.00 bits per heavy atom. The van der Waals surface area contributed by atoms with Gasteiger partial charge in [0.15, 0.2) is 8.32 Å². The average Bonchev–Trinajstić information content (AvgIpc) is 2.40. The molecule has 0 radical (unpaired) electrons. The molecule has 0 aromatic carbocycles. The second-order valence-electron chi connectivity index (χ2n) is 6.94. The molecule has 2 unspecified atom stereocenters. The van der Waals surface area contributed by atoms with Gasteiger partial charge in [-0.1, -0.05) is 6.92 Å². The number of rotatable bonds is 10. The molecule has 0 aromatic rings. The number of esters is 2. The van der Waals surface area contributed by atoms with Gasteiger partial charge in [0.25, 0.3) is 0 Å². The van der Waals surface area contributed by atoms with E-state index in [9.17, 15) is 9.59 Å². The number of hydrogen-bond acceptors (Lipinski definition) is 6. The summed E-state index contributed by atoms with van der Waals surface area (Å²) in [4.78, 5) is 22.9. The SMILES string of the molecule is CCOC(=O)/C=C/C(=O)OC(C)OC(CC)[Si](C)(C)O[Si](C)(C)C. The molecule has 0 rings (SSSR count). The monoisotopic (exact) mass is 376 g/mol. The lowest BCUT2D eigenvalue weighted by atomic mass is 10.5. The summed E-state index contributed by atoms with van der Waals surface area (Å²) in [5.41, 5.74) is -0.0824. The Hall–Kier alpha value is -0.966. The van der Waals surface area contributed by atoms with Crippen molar-refractivity contribution in [3.63, 3.8) is 0 Å². The summed E-state index contributed by atoms with van der Waals surface area (Å²) in [7, 11) is -3.75. The smallest absolute Gasteiger partial charge is 0.333 e. The van der Waals surface area contributed by atoms with E-state index in [2.05, 4.69) is 32.7 Å². The lowest BCUT2D eigenvalue weighted by Gasteiger charge is -2.38. The maximum Gasteiger partial charge on any atom is 0.333 e. The third kappa shape index (κ3) is 10.0. The van der Waals surface area contributed by atoms with Gasteiger partial charge in [-0.3, -0.25) is 0 Å². The number of hydrogen-bond donors (Lipinski definition) is 0. The first-order chi connectivity index (χ1) is 10.9. The summed E-state index contributed by atoms with van der Waals surface area (Å²) >= 11 is 0. The van der Waals surface area contributed by atoms with E-state index in [-0.39, 0.29) is 12.3 Å². The van der Waals surface area contributed by atoms with Crippen LogP contribution in [0.1, 0.15) is 27.2 Å². The lowest BCUT2D eigenvalue weighted by molar-refractivity contribution is -0.174. The highest BCUT2D eigenvalue weighted by molar-refractivity contribution is 6.84. The fraction of sp³-hybridized carbons (Fsp3) is 0.750. The molecule has 0 spiro atoms.